The van der Waals surface area contributed by atoms with Crippen molar-refractivity contribution in [3.63, 3.8) is 0 Å². The van der Waals surface area contributed by atoms with Gasteiger partial charge in [0.05, 0.1) is 13.2 Å². The van der Waals surface area contributed by atoms with Crippen LogP contribution in [0.4, 0.5) is 0 Å². The van der Waals surface area contributed by atoms with Crippen LogP contribution in [0.5, 0.6) is 0 Å². The molecular weight excluding hydrogens is 271 g/mol. The van der Waals surface area contributed by atoms with Crippen molar-refractivity contribution in [2.75, 3.05) is 13.2 Å². The lowest BCUT2D eigenvalue weighted by Crippen LogP contribution is -2.05. The van der Waals surface area contributed by atoms with Crippen molar-refractivity contribution >= 4 is 13.7 Å². The SMILES string of the molecule is CC(C)COP(=O)(/C=C/c1ccccc1)OCC(C)C. The molecule has 0 aromatic heterocycles. The lowest BCUT2D eigenvalue weighted by molar-refractivity contribution is 0.180. The quantitative estimate of drug-likeness (QED) is 0.619. The summed E-state index contributed by atoms with van der Waals surface area (Å²) >= 11 is 0. The molecule has 0 unspecified atom stereocenters. The molecule has 0 atom stereocenters. The zero-order valence-electron chi connectivity index (χ0n) is 12.8. The van der Waals surface area contributed by atoms with Gasteiger partial charge in [-0.2, -0.15) is 0 Å². The van der Waals surface area contributed by atoms with E-state index in [1.165, 1.54) is 0 Å². The first-order chi connectivity index (χ1) is 9.41. The summed E-state index contributed by atoms with van der Waals surface area (Å²) in [5.74, 6) is 2.19. The topological polar surface area (TPSA) is 35.5 Å². The fraction of sp³-hybridized carbons (Fsp3) is 0.500. The highest BCUT2D eigenvalue weighted by Crippen LogP contribution is 2.50. The minimum atomic E-state index is -3.17. The molecule has 0 heterocycles. The Bertz CT molecular complexity index is 436. The lowest BCUT2D eigenvalue weighted by Gasteiger charge is -2.17. The molecule has 4 heteroatoms. The standard InChI is InChI=1S/C16H25O3P/c1-14(2)12-18-20(17,19-13-15(3)4)11-10-16-8-6-5-7-9-16/h5-11,14-15H,12-13H2,1-4H3/b11-10+. The Morgan fingerprint density at radius 3 is 1.95 bits per heavy atom. The molecule has 0 bridgehead atoms. The molecule has 1 rings (SSSR count). The molecule has 1 aromatic carbocycles. The highest BCUT2D eigenvalue weighted by Gasteiger charge is 2.21. The van der Waals surface area contributed by atoms with Crippen LogP contribution in [0.3, 0.4) is 0 Å². The number of benzene rings is 1. The zero-order valence-corrected chi connectivity index (χ0v) is 13.7. The van der Waals surface area contributed by atoms with Crippen LogP contribution in [0.1, 0.15) is 33.3 Å². The first-order valence-corrected chi connectivity index (χ1v) is 8.65. The van der Waals surface area contributed by atoms with Gasteiger partial charge in [-0.1, -0.05) is 58.0 Å². The van der Waals surface area contributed by atoms with Gasteiger partial charge < -0.3 is 9.05 Å². The van der Waals surface area contributed by atoms with E-state index >= 15 is 0 Å². The van der Waals surface area contributed by atoms with Crippen molar-refractivity contribution in [3.8, 4) is 0 Å². The summed E-state index contributed by atoms with van der Waals surface area (Å²) in [7, 11) is -3.17. The predicted molar refractivity (Wildman–Crippen MR) is 84.7 cm³/mol. The minimum absolute atomic E-state index is 0.316. The fourth-order valence-corrected chi connectivity index (χ4v) is 2.98. The number of hydrogen-bond acceptors (Lipinski definition) is 3. The molecule has 0 fully saturated rings. The average Bonchev–Trinajstić information content (AvgIpc) is 2.42. The van der Waals surface area contributed by atoms with Gasteiger partial charge >= 0.3 is 7.60 Å². The van der Waals surface area contributed by atoms with Crippen molar-refractivity contribution in [2.45, 2.75) is 27.7 Å². The molecule has 20 heavy (non-hydrogen) atoms. The molecule has 1 aromatic rings. The first kappa shape index (κ1) is 17.2. The van der Waals surface area contributed by atoms with E-state index < -0.39 is 7.60 Å². The summed E-state index contributed by atoms with van der Waals surface area (Å²) in [6.45, 7) is 8.94. The Labute approximate surface area is 122 Å². The van der Waals surface area contributed by atoms with Gasteiger partial charge in [-0.05, 0) is 23.5 Å². The molecule has 0 aliphatic rings. The summed E-state index contributed by atoms with van der Waals surface area (Å²) in [5, 5.41) is 0. The van der Waals surface area contributed by atoms with Crippen molar-refractivity contribution in [2.24, 2.45) is 11.8 Å². The van der Waals surface area contributed by atoms with Gasteiger partial charge in [0.15, 0.2) is 0 Å². The van der Waals surface area contributed by atoms with Gasteiger partial charge in [0.2, 0.25) is 0 Å². The second-order valence-corrected chi connectivity index (χ2v) is 7.54. The highest BCUT2D eigenvalue weighted by molar-refractivity contribution is 7.57. The van der Waals surface area contributed by atoms with Crippen LogP contribution in [0.25, 0.3) is 6.08 Å². The Kier molecular flexibility index (Phi) is 7.22. The smallest absolute Gasteiger partial charge is 0.305 e. The summed E-state index contributed by atoms with van der Waals surface area (Å²) < 4.78 is 23.7. The molecule has 0 amide bonds. The molecule has 3 nitrogen and oxygen atoms in total. The van der Waals surface area contributed by atoms with Crippen molar-refractivity contribution < 1.29 is 13.6 Å². The van der Waals surface area contributed by atoms with Crippen LogP contribution in [0.15, 0.2) is 36.1 Å². The average molecular weight is 296 g/mol. The van der Waals surface area contributed by atoms with E-state index in [4.69, 9.17) is 9.05 Å². The van der Waals surface area contributed by atoms with E-state index in [2.05, 4.69) is 0 Å². The van der Waals surface area contributed by atoms with Crippen LogP contribution in [0.2, 0.25) is 0 Å². The van der Waals surface area contributed by atoms with Gasteiger partial charge in [0, 0.05) is 5.82 Å². The van der Waals surface area contributed by atoms with Crippen LogP contribution in [-0.2, 0) is 13.6 Å². The largest absolute Gasteiger partial charge is 0.354 e. The Morgan fingerprint density at radius 2 is 1.50 bits per heavy atom. The Morgan fingerprint density at radius 1 is 1.00 bits per heavy atom. The van der Waals surface area contributed by atoms with Crippen molar-refractivity contribution in [3.05, 3.63) is 41.7 Å². The Balaban J connectivity index is 2.75. The summed E-state index contributed by atoms with van der Waals surface area (Å²) in [6.07, 6.45) is 1.79. The maximum absolute atomic E-state index is 12.7. The van der Waals surface area contributed by atoms with Crippen LogP contribution >= 0.6 is 7.60 Å². The highest BCUT2D eigenvalue weighted by atomic mass is 31.2. The third kappa shape index (κ3) is 7.04. The van der Waals surface area contributed by atoms with Crippen LogP contribution in [-0.4, -0.2) is 13.2 Å². The summed E-state index contributed by atoms with van der Waals surface area (Å²) in [5.41, 5.74) is 0.981. The number of hydrogen-bond donors (Lipinski definition) is 0. The maximum Gasteiger partial charge on any atom is 0.354 e. The van der Waals surface area contributed by atoms with Gasteiger partial charge in [-0.15, -0.1) is 0 Å². The third-order valence-electron chi connectivity index (χ3n) is 2.42. The molecule has 0 radical (unpaired) electrons. The lowest BCUT2D eigenvalue weighted by atomic mass is 10.2. The molecular formula is C16H25O3P. The van der Waals surface area contributed by atoms with Crippen molar-refractivity contribution in [1.29, 1.82) is 0 Å². The van der Waals surface area contributed by atoms with E-state index in [9.17, 15) is 4.57 Å². The van der Waals surface area contributed by atoms with Crippen LogP contribution in [0, 0.1) is 11.8 Å². The fourth-order valence-electron chi connectivity index (χ4n) is 1.37. The second kappa shape index (κ2) is 8.41. The molecule has 0 aliphatic carbocycles. The van der Waals surface area contributed by atoms with Crippen molar-refractivity contribution in [1.82, 2.24) is 0 Å². The van der Waals surface area contributed by atoms with E-state index in [1.807, 2.05) is 58.0 Å². The maximum atomic E-state index is 12.7. The van der Waals surface area contributed by atoms with Gasteiger partial charge in [0.1, 0.15) is 0 Å². The Hall–Kier alpha value is -0.890. The molecule has 0 N–H and O–H groups in total. The van der Waals surface area contributed by atoms with E-state index in [1.54, 1.807) is 11.9 Å². The molecule has 0 saturated heterocycles. The van der Waals surface area contributed by atoms with Crippen LogP contribution < -0.4 is 0 Å². The van der Waals surface area contributed by atoms with E-state index in [-0.39, 0.29) is 0 Å². The van der Waals surface area contributed by atoms with E-state index in [0.29, 0.717) is 25.0 Å². The van der Waals surface area contributed by atoms with Gasteiger partial charge in [0.25, 0.3) is 0 Å². The zero-order chi connectivity index (χ0) is 15.0. The number of rotatable bonds is 8. The first-order valence-electron chi connectivity index (χ1n) is 7.04. The van der Waals surface area contributed by atoms with Gasteiger partial charge in [-0.3, -0.25) is 4.57 Å². The van der Waals surface area contributed by atoms with Gasteiger partial charge in [-0.25, -0.2) is 0 Å². The minimum Gasteiger partial charge on any atom is -0.305 e. The summed E-state index contributed by atoms with van der Waals surface area (Å²) in [6, 6.07) is 9.72. The molecule has 0 aliphatic heterocycles. The normalized spacial score (nSPS) is 12.7. The predicted octanol–water partition coefficient (Wildman–Crippen LogP) is 5.20. The monoisotopic (exact) mass is 296 g/mol. The molecule has 112 valence electrons. The molecule has 0 saturated carbocycles. The van der Waals surface area contributed by atoms with E-state index in [0.717, 1.165) is 5.56 Å². The summed E-state index contributed by atoms with van der Waals surface area (Å²) in [4.78, 5) is 0. The molecule has 0 spiro atoms. The third-order valence-corrected chi connectivity index (χ3v) is 3.96. The second-order valence-electron chi connectivity index (χ2n) is 5.65.